The van der Waals surface area contributed by atoms with Gasteiger partial charge in [-0.2, -0.15) is 0 Å². The van der Waals surface area contributed by atoms with Crippen LogP contribution in [0.15, 0.2) is 24.3 Å². The molecule has 0 saturated carbocycles. The average molecular weight is 289 g/mol. The number of piperidine rings is 1. The lowest BCUT2D eigenvalue weighted by molar-refractivity contribution is -0.124. The van der Waals surface area contributed by atoms with E-state index in [4.69, 9.17) is 10.5 Å². The zero-order valence-electron chi connectivity index (χ0n) is 12.3. The van der Waals surface area contributed by atoms with E-state index < -0.39 is 0 Å². The van der Waals surface area contributed by atoms with Crippen molar-refractivity contribution in [3.8, 4) is 5.75 Å². The van der Waals surface area contributed by atoms with Crippen LogP contribution in [0.1, 0.15) is 25.7 Å². The van der Waals surface area contributed by atoms with Crippen molar-refractivity contribution in [2.75, 3.05) is 25.4 Å². The number of hydrogen-bond donors (Lipinski definition) is 2. The highest BCUT2D eigenvalue weighted by Crippen LogP contribution is 2.26. The van der Waals surface area contributed by atoms with Gasteiger partial charge in [-0.05, 0) is 44.4 Å². The molecular weight excluding hydrogens is 266 g/mol. The Balaban J connectivity index is 1.44. The second-order valence-corrected chi connectivity index (χ2v) is 5.98. The van der Waals surface area contributed by atoms with Gasteiger partial charge in [-0.3, -0.25) is 4.79 Å². The predicted octanol–water partition coefficient (Wildman–Crippen LogP) is 1.39. The highest BCUT2D eigenvalue weighted by Gasteiger charge is 2.32. The van der Waals surface area contributed by atoms with Crippen LogP contribution in [-0.2, 0) is 4.79 Å². The van der Waals surface area contributed by atoms with Crippen molar-refractivity contribution in [1.29, 1.82) is 0 Å². The number of ether oxygens (including phenoxy) is 1. The molecule has 0 spiro atoms. The number of fused-ring (bicyclic) bond motifs is 1. The van der Waals surface area contributed by atoms with Crippen LogP contribution in [0.2, 0.25) is 0 Å². The molecule has 114 valence electrons. The summed E-state index contributed by atoms with van der Waals surface area (Å²) in [7, 11) is 0. The normalized spacial score (nSPS) is 25.3. The minimum Gasteiger partial charge on any atom is -0.484 e. The Morgan fingerprint density at radius 1 is 1.38 bits per heavy atom. The molecule has 2 unspecified atom stereocenters. The minimum atomic E-state index is -0.0473. The topological polar surface area (TPSA) is 67.6 Å². The highest BCUT2D eigenvalue weighted by molar-refractivity contribution is 5.77. The van der Waals surface area contributed by atoms with Crippen molar-refractivity contribution in [1.82, 2.24) is 10.2 Å². The average Bonchev–Trinajstić information content (AvgIpc) is 2.93. The van der Waals surface area contributed by atoms with E-state index in [0.29, 0.717) is 23.5 Å². The van der Waals surface area contributed by atoms with Gasteiger partial charge in [0.2, 0.25) is 0 Å². The predicted molar refractivity (Wildman–Crippen MR) is 82.1 cm³/mol. The molecule has 3 rings (SSSR count). The van der Waals surface area contributed by atoms with Crippen molar-refractivity contribution in [3.05, 3.63) is 24.3 Å². The molecule has 2 aliphatic rings. The fourth-order valence-corrected chi connectivity index (χ4v) is 3.38. The molecule has 0 aromatic heterocycles. The molecule has 2 saturated heterocycles. The molecule has 2 atom stereocenters. The molecule has 0 aliphatic carbocycles. The van der Waals surface area contributed by atoms with Crippen molar-refractivity contribution in [2.45, 2.75) is 37.8 Å². The second kappa shape index (κ2) is 6.35. The number of amides is 1. The van der Waals surface area contributed by atoms with Gasteiger partial charge in [0.1, 0.15) is 5.75 Å². The highest BCUT2D eigenvalue weighted by atomic mass is 16.5. The molecule has 1 aromatic carbocycles. The van der Waals surface area contributed by atoms with Gasteiger partial charge < -0.3 is 20.7 Å². The van der Waals surface area contributed by atoms with Gasteiger partial charge in [-0.25, -0.2) is 0 Å². The van der Waals surface area contributed by atoms with Crippen LogP contribution in [0.5, 0.6) is 5.75 Å². The number of nitrogen functional groups attached to an aromatic ring is 1. The van der Waals surface area contributed by atoms with Crippen LogP contribution >= 0.6 is 0 Å². The van der Waals surface area contributed by atoms with Gasteiger partial charge >= 0.3 is 0 Å². The van der Waals surface area contributed by atoms with Crippen molar-refractivity contribution in [3.63, 3.8) is 0 Å². The molecule has 5 nitrogen and oxygen atoms in total. The third-order valence-electron chi connectivity index (χ3n) is 4.41. The summed E-state index contributed by atoms with van der Waals surface area (Å²) in [5.41, 5.74) is 6.32. The molecule has 3 N–H and O–H groups in total. The third-order valence-corrected chi connectivity index (χ3v) is 4.41. The molecule has 21 heavy (non-hydrogen) atoms. The SMILES string of the molecule is Nc1cccc(OCC(=O)NC2CCN3CCCC3C2)c1. The van der Waals surface area contributed by atoms with Crippen LogP contribution in [0.4, 0.5) is 5.69 Å². The van der Waals surface area contributed by atoms with Gasteiger partial charge in [0, 0.05) is 30.4 Å². The van der Waals surface area contributed by atoms with Crippen LogP contribution < -0.4 is 15.8 Å². The first-order valence-electron chi connectivity index (χ1n) is 7.72. The number of hydrogen-bond acceptors (Lipinski definition) is 4. The molecule has 1 aromatic rings. The zero-order chi connectivity index (χ0) is 14.7. The van der Waals surface area contributed by atoms with Gasteiger partial charge in [0.05, 0.1) is 0 Å². The molecule has 0 bridgehead atoms. The van der Waals surface area contributed by atoms with E-state index in [2.05, 4.69) is 10.2 Å². The lowest BCUT2D eigenvalue weighted by Gasteiger charge is -2.35. The van der Waals surface area contributed by atoms with E-state index in [1.807, 2.05) is 6.07 Å². The largest absolute Gasteiger partial charge is 0.484 e. The smallest absolute Gasteiger partial charge is 0.258 e. The second-order valence-electron chi connectivity index (χ2n) is 5.98. The monoisotopic (exact) mass is 289 g/mol. The van der Waals surface area contributed by atoms with Gasteiger partial charge in [0.25, 0.3) is 5.91 Å². The summed E-state index contributed by atoms with van der Waals surface area (Å²) in [6, 6.07) is 8.10. The number of carbonyl (C=O) groups is 1. The first-order valence-corrected chi connectivity index (χ1v) is 7.72. The summed E-state index contributed by atoms with van der Waals surface area (Å²) in [6.07, 6.45) is 4.68. The Kier molecular flexibility index (Phi) is 4.29. The molecule has 2 aliphatic heterocycles. The van der Waals surface area contributed by atoms with Gasteiger partial charge in [-0.1, -0.05) is 6.07 Å². The molecule has 2 fully saturated rings. The Hall–Kier alpha value is -1.75. The Labute approximate surface area is 125 Å². The maximum Gasteiger partial charge on any atom is 0.258 e. The quantitative estimate of drug-likeness (QED) is 0.822. The van der Waals surface area contributed by atoms with E-state index in [1.165, 1.54) is 19.4 Å². The van der Waals surface area contributed by atoms with E-state index in [9.17, 15) is 4.79 Å². The van der Waals surface area contributed by atoms with Crippen molar-refractivity contribution >= 4 is 11.6 Å². The summed E-state index contributed by atoms with van der Waals surface area (Å²) >= 11 is 0. The maximum absolute atomic E-state index is 12.0. The maximum atomic E-state index is 12.0. The lowest BCUT2D eigenvalue weighted by atomic mass is 9.97. The van der Waals surface area contributed by atoms with Gasteiger partial charge in [-0.15, -0.1) is 0 Å². The first-order chi connectivity index (χ1) is 10.2. The number of carbonyl (C=O) groups excluding carboxylic acids is 1. The Morgan fingerprint density at radius 3 is 3.14 bits per heavy atom. The first kappa shape index (κ1) is 14.2. The number of benzene rings is 1. The molecule has 2 heterocycles. The zero-order valence-corrected chi connectivity index (χ0v) is 12.3. The number of nitrogens with zero attached hydrogens (tertiary/aromatic N) is 1. The number of anilines is 1. The van der Waals surface area contributed by atoms with E-state index in [-0.39, 0.29) is 12.5 Å². The van der Waals surface area contributed by atoms with E-state index in [1.54, 1.807) is 18.2 Å². The standard InChI is InChI=1S/C16H23N3O2/c17-12-3-1-5-15(9-12)21-11-16(20)18-13-6-8-19-7-2-4-14(19)10-13/h1,3,5,9,13-14H,2,4,6-8,10-11,17H2,(H,18,20). The number of rotatable bonds is 4. The van der Waals surface area contributed by atoms with Crippen LogP contribution in [0.3, 0.4) is 0 Å². The number of nitrogens with one attached hydrogen (secondary N) is 1. The minimum absolute atomic E-state index is 0.0473. The fraction of sp³-hybridized carbons (Fsp3) is 0.562. The fourth-order valence-electron chi connectivity index (χ4n) is 3.38. The summed E-state index contributed by atoms with van der Waals surface area (Å²) in [4.78, 5) is 14.5. The molecule has 1 amide bonds. The van der Waals surface area contributed by atoms with Crippen LogP contribution in [0, 0.1) is 0 Å². The van der Waals surface area contributed by atoms with Crippen molar-refractivity contribution in [2.24, 2.45) is 0 Å². The number of nitrogens with two attached hydrogens (primary N) is 1. The third kappa shape index (κ3) is 3.67. The summed E-state index contributed by atoms with van der Waals surface area (Å²) in [5.74, 6) is 0.588. The Morgan fingerprint density at radius 2 is 2.29 bits per heavy atom. The van der Waals surface area contributed by atoms with Crippen molar-refractivity contribution < 1.29 is 9.53 Å². The molecule has 5 heteroatoms. The molecule has 0 radical (unpaired) electrons. The summed E-state index contributed by atoms with van der Waals surface area (Å²) in [6.45, 7) is 2.38. The van der Waals surface area contributed by atoms with E-state index in [0.717, 1.165) is 19.4 Å². The Bertz CT molecular complexity index is 506. The van der Waals surface area contributed by atoms with Gasteiger partial charge in [0.15, 0.2) is 6.61 Å². The summed E-state index contributed by atoms with van der Waals surface area (Å²) in [5, 5.41) is 3.09. The van der Waals surface area contributed by atoms with Crippen LogP contribution in [0.25, 0.3) is 0 Å². The van der Waals surface area contributed by atoms with Crippen LogP contribution in [-0.4, -0.2) is 42.6 Å². The van der Waals surface area contributed by atoms with E-state index >= 15 is 0 Å². The summed E-state index contributed by atoms with van der Waals surface area (Å²) < 4.78 is 5.47. The lowest BCUT2D eigenvalue weighted by Crippen LogP contribution is -2.48. The molecular formula is C16H23N3O2.